The highest BCUT2D eigenvalue weighted by molar-refractivity contribution is 4.62. The minimum atomic E-state index is 1.06. The van der Waals surface area contributed by atoms with Crippen LogP contribution in [0.25, 0.3) is 0 Å². The van der Waals surface area contributed by atoms with E-state index >= 15 is 0 Å². The Labute approximate surface area is 111 Å². The van der Waals surface area contributed by atoms with Crippen LogP contribution in [-0.2, 0) is 0 Å². The smallest absolute Gasteiger partial charge is 0.0443 e. The van der Waals surface area contributed by atoms with E-state index in [4.69, 9.17) is 0 Å². The van der Waals surface area contributed by atoms with E-state index in [-0.39, 0.29) is 0 Å². The molecule has 0 heterocycles. The van der Waals surface area contributed by atoms with Crippen LogP contribution in [0.15, 0.2) is 0 Å². The minimum absolute atomic E-state index is 1.06. The van der Waals surface area contributed by atoms with Gasteiger partial charge in [-0.1, -0.05) is 104 Å². The third kappa shape index (κ3) is 12.2. The Balaban J connectivity index is 0.000000214. The monoisotopic (exact) mass is 240 g/mol. The molecular weight excluding hydrogens is 204 g/mol. The second-order valence-electron chi connectivity index (χ2n) is 5.57. The van der Waals surface area contributed by atoms with Gasteiger partial charge in [-0.15, -0.1) is 0 Å². The predicted molar refractivity (Wildman–Crippen MR) is 80.5 cm³/mol. The van der Waals surface area contributed by atoms with E-state index < -0.39 is 0 Å². The lowest BCUT2D eigenvalue weighted by molar-refractivity contribution is 0.346. The Kier molecular flexibility index (Phi) is 14.1. The van der Waals surface area contributed by atoms with E-state index in [2.05, 4.69) is 6.92 Å². The molecule has 0 saturated heterocycles. The fraction of sp³-hybridized carbons (Fsp3) is 1.00. The second kappa shape index (κ2) is 14.1. The van der Waals surface area contributed by atoms with Crippen LogP contribution < -0.4 is 0 Å². The minimum Gasteiger partial charge on any atom is -0.0683 e. The first-order valence-electron chi connectivity index (χ1n) is 8.39. The summed E-state index contributed by atoms with van der Waals surface area (Å²) in [5.74, 6) is 1.06. The standard InChI is InChI=1S/C6H12.C5H10.C4H8.C2H6/c1-2-4-6-5-3-1;1-5-3-2-4-5;1-2-4-3-1;1-2/h1-6H2;5H,2-4H2,1H3;1-4H2;1-2H3. The molecule has 0 aromatic carbocycles. The van der Waals surface area contributed by atoms with Crippen LogP contribution in [0.1, 0.15) is 104 Å². The van der Waals surface area contributed by atoms with Crippen molar-refractivity contribution in [2.45, 2.75) is 104 Å². The van der Waals surface area contributed by atoms with E-state index in [1.165, 1.54) is 83.5 Å². The number of rotatable bonds is 0. The van der Waals surface area contributed by atoms with Crippen molar-refractivity contribution in [2.75, 3.05) is 0 Å². The lowest BCUT2D eigenvalue weighted by Crippen LogP contribution is -2.04. The summed E-state index contributed by atoms with van der Waals surface area (Å²) in [5.41, 5.74) is 0. The highest BCUT2D eigenvalue weighted by Crippen LogP contribution is 2.24. The van der Waals surface area contributed by atoms with E-state index in [1.54, 1.807) is 0 Å². The Morgan fingerprint density at radius 2 is 0.647 bits per heavy atom. The van der Waals surface area contributed by atoms with Crippen molar-refractivity contribution < 1.29 is 0 Å². The lowest BCUT2D eigenvalue weighted by atomic mass is 9.88. The molecule has 0 aromatic heterocycles. The summed E-state index contributed by atoms with van der Waals surface area (Å²) in [4.78, 5) is 0. The third-order valence-electron chi connectivity index (χ3n) is 3.89. The molecule has 3 rings (SSSR count). The Hall–Kier alpha value is 0. The molecule has 0 nitrogen and oxygen atoms in total. The van der Waals surface area contributed by atoms with Gasteiger partial charge in [-0.05, 0) is 5.92 Å². The Bertz CT molecular complexity index is 100. The van der Waals surface area contributed by atoms with Crippen LogP contribution in [0, 0.1) is 5.92 Å². The molecule has 17 heavy (non-hydrogen) atoms. The van der Waals surface area contributed by atoms with Gasteiger partial charge in [0, 0.05) is 0 Å². The highest BCUT2D eigenvalue weighted by atomic mass is 14.1. The van der Waals surface area contributed by atoms with Gasteiger partial charge in [0.05, 0.1) is 0 Å². The molecule has 0 N–H and O–H groups in total. The van der Waals surface area contributed by atoms with Crippen molar-refractivity contribution in [3.05, 3.63) is 0 Å². The zero-order valence-corrected chi connectivity index (χ0v) is 12.8. The average Bonchev–Trinajstić information content (AvgIpc) is 2.30. The molecule has 0 aromatic rings. The molecule has 3 aliphatic carbocycles. The van der Waals surface area contributed by atoms with Gasteiger partial charge < -0.3 is 0 Å². The first-order valence-corrected chi connectivity index (χ1v) is 8.39. The molecular formula is C17H36. The van der Waals surface area contributed by atoms with Crippen molar-refractivity contribution in [3.63, 3.8) is 0 Å². The largest absolute Gasteiger partial charge is 0.0683 e. The van der Waals surface area contributed by atoms with Gasteiger partial charge in [0.1, 0.15) is 0 Å². The highest BCUT2D eigenvalue weighted by Gasteiger charge is 2.09. The van der Waals surface area contributed by atoms with Crippen molar-refractivity contribution >= 4 is 0 Å². The number of hydrogen-bond acceptors (Lipinski definition) is 0. The molecule has 0 radical (unpaired) electrons. The van der Waals surface area contributed by atoms with Gasteiger partial charge >= 0.3 is 0 Å². The van der Waals surface area contributed by atoms with Crippen molar-refractivity contribution in [1.82, 2.24) is 0 Å². The van der Waals surface area contributed by atoms with E-state index in [9.17, 15) is 0 Å². The quantitative estimate of drug-likeness (QED) is 0.440. The fourth-order valence-corrected chi connectivity index (χ4v) is 1.92. The van der Waals surface area contributed by atoms with E-state index in [0.717, 1.165) is 5.92 Å². The fourth-order valence-electron chi connectivity index (χ4n) is 1.92. The summed E-state index contributed by atoms with van der Waals surface area (Å²) in [6.07, 6.45) is 19.5. The van der Waals surface area contributed by atoms with Crippen molar-refractivity contribution in [1.29, 1.82) is 0 Å². The molecule has 0 amide bonds. The summed E-state index contributed by atoms with van der Waals surface area (Å²) in [5, 5.41) is 0. The molecule has 0 spiro atoms. The maximum absolute atomic E-state index is 2.31. The summed E-state index contributed by atoms with van der Waals surface area (Å²) in [6.45, 7) is 6.31. The Morgan fingerprint density at radius 1 is 0.471 bits per heavy atom. The van der Waals surface area contributed by atoms with Gasteiger partial charge in [-0.25, -0.2) is 0 Å². The maximum Gasteiger partial charge on any atom is -0.0443 e. The van der Waals surface area contributed by atoms with Crippen LogP contribution >= 0.6 is 0 Å². The molecule has 0 unspecified atom stereocenters. The van der Waals surface area contributed by atoms with Gasteiger partial charge in [-0.3, -0.25) is 0 Å². The molecule has 3 saturated carbocycles. The van der Waals surface area contributed by atoms with Crippen molar-refractivity contribution in [2.24, 2.45) is 5.92 Å². The summed E-state index contributed by atoms with van der Waals surface area (Å²) < 4.78 is 0. The van der Waals surface area contributed by atoms with Crippen LogP contribution in [-0.4, -0.2) is 0 Å². The van der Waals surface area contributed by atoms with Crippen LogP contribution in [0.2, 0.25) is 0 Å². The topological polar surface area (TPSA) is 0 Å². The molecule has 104 valence electrons. The van der Waals surface area contributed by atoms with E-state index in [1.807, 2.05) is 13.8 Å². The molecule has 0 heteroatoms. The van der Waals surface area contributed by atoms with Gasteiger partial charge in [0.2, 0.25) is 0 Å². The number of hydrogen-bond donors (Lipinski definition) is 0. The maximum atomic E-state index is 2.31. The SMILES string of the molecule is C1CCC1.C1CCCCC1.CC.CC1CCC1. The molecule has 3 fully saturated rings. The van der Waals surface area contributed by atoms with Crippen molar-refractivity contribution in [3.8, 4) is 0 Å². The first kappa shape index (κ1) is 17.0. The summed E-state index contributed by atoms with van der Waals surface area (Å²) in [6, 6.07) is 0. The second-order valence-corrected chi connectivity index (χ2v) is 5.57. The molecule has 0 bridgehead atoms. The average molecular weight is 240 g/mol. The normalized spacial score (nSPS) is 22.1. The van der Waals surface area contributed by atoms with Crippen LogP contribution in [0.4, 0.5) is 0 Å². The van der Waals surface area contributed by atoms with Gasteiger partial charge in [0.15, 0.2) is 0 Å². The lowest BCUT2D eigenvalue weighted by Gasteiger charge is -2.18. The molecule has 3 aliphatic rings. The Morgan fingerprint density at radius 3 is 0.706 bits per heavy atom. The summed E-state index contributed by atoms with van der Waals surface area (Å²) in [7, 11) is 0. The predicted octanol–water partition coefficient (Wildman–Crippen LogP) is 6.73. The zero-order chi connectivity index (χ0) is 12.8. The van der Waals surface area contributed by atoms with Gasteiger partial charge in [-0.2, -0.15) is 0 Å². The van der Waals surface area contributed by atoms with Crippen LogP contribution in [0.5, 0.6) is 0 Å². The third-order valence-corrected chi connectivity index (χ3v) is 3.89. The van der Waals surface area contributed by atoms with Crippen LogP contribution in [0.3, 0.4) is 0 Å². The van der Waals surface area contributed by atoms with Gasteiger partial charge in [0.25, 0.3) is 0 Å². The zero-order valence-electron chi connectivity index (χ0n) is 12.8. The molecule has 0 atom stereocenters. The first-order chi connectivity index (χ1) is 8.39. The summed E-state index contributed by atoms with van der Waals surface area (Å²) >= 11 is 0. The van der Waals surface area contributed by atoms with E-state index in [0.29, 0.717) is 0 Å². The molecule has 0 aliphatic heterocycles.